The molecule has 126 valence electrons. The lowest BCUT2D eigenvalue weighted by atomic mass is 10.2. The Kier molecular flexibility index (Phi) is 5.41. The predicted molar refractivity (Wildman–Crippen MR) is 94.3 cm³/mol. The fraction of sp³-hybridized carbons (Fsp3) is 0.167. The number of ether oxygens (including phenoxy) is 1. The normalized spacial score (nSPS) is 10.9. The molecule has 0 aliphatic rings. The lowest BCUT2D eigenvalue weighted by molar-refractivity contribution is 0.102. The molecule has 0 aromatic heterocycles. The quantitative estimate of drug-likeness (QED) is 0.816. The van der Waals surface area contributed by atoms with E-state index in [-0.39, 0.29) is 10.8 Å². The Bertz CT molecular complexity index is 855. The van der Waals surface area contributed by atoms with Crippen LogP contribution < -0.4 is 10.1 Å². The molecule has 0 radical (unpaired) electrons. The summed E-state index contributed by atoms with van der Waals surface area (Å²) in [4.78, 5) is 12.4. The molecule has 24 heavy (non-hydrogen) atoms. The van der Waals surface area contributed by atoms with Crippen molar-refractivity contribution in [3.05, 3.63) is 66.2 Å². The van der Waals surface area contributed by atoms with Gasteiger partial charge in [-0.25, -0.2) is 8.42 Å². The summed E-state index contributed by atoms with van der Waals surface area (Å²) in [6, 6.07) is 12.8. The minimum Gasteiger partial charge on any atom is -0.489 e. The van der Waals surface area contributed by atoms with Crippen molar-refractivity contribution in [1.82, 2.24) is 0 Å². The average Bonchev–Trinajstić information content (AvgIpc) is 2.52. The smallest absolute Gasteiger partial charge is 0.255 e. The van der Waals surface area contributed by atoms with Gasteiger partial charge in [0.15, 0.2) is 9.84 Å². The number of benzene rings is 2. The zero-order valence-electron chi connectivity index (χ0n) is 13.6. The largest absolute Gasteiger partial charge is 0.489 e. The second-order valence-electron chi connectivity index (χ2n) is 5.52. The summed E-state index contributed by atoms with van der Waals surface area (Å²) >= 11 is 0. The Hall–Kier alpha value is -2.60. The molecule has 0 aliphatic carbocycles. The van der Waals surface area contributed by atoms with Crippen LogP contribution in [-0.4, -0.2) is 27.2 Å². The number of anilines is 1. The van der Waals surface area contributed by atoms with Crippen molar-refractivity contribution < 1.29 is 17.9 Å². The summed E-state index contributed by atoms with van der Waals surface area (Å²) in [5, 5.41) is 2.75. The van der Waals surface area contributed by atoms with E-state index in [0.29, 0.717) is 23.6 Å². The number of hydrogen-bond acceptors (Lipinski definition) is 4. The molecule has 1 N–H and O–H groups in total. The first-order valence-electron chi connectivity index (χ1n) is 7.24. The second kappa shape index (κ2) is 7.31. The van der Waals surface area contributed by atoms with Crippen LogP contribution in [0.25, 0.3) is 0 Å². The molecule has 0 fully saturated rings. The number of amides is 1. The van der Waals surface area contributed by atoms with Crippen LogP contribution in [0.5, 0.6) is 5.75 Å². The molecule has 0 unspecified atom stereocenters. The Morgan fingerprint density at radius 2 is 1.83 bits per heavy atom. The van der Waals surface area contributed by atoms with Gasteiger partial charge in [-0.3, -0.25) is 4.79 Å². The van der Waals surface area contributed by atoms with E-state index >= 15 is 0 Å². The van der Waals surface area contributed by atoms with Crippen molar-refractivity contribution in [2.24, 2.45) is 0 Å². The molecule has 0 heterocycles. The maximum atomic E-state index is 12.2. The third kappa shape index (κ3) is 4.96. The summed E-state index contributed by atoms with van der Waals surface area (Å²) in [5.74, 6) is 0.301. The fourth-order valence-electron chi connectivity index (χ4n) is 1.93. The minimum atomic E-state index is -3.28. The highest BCUT2D eigenvalue weighted by Gasteiger charge is 2.10. The van der Waals surface area contributed by atoms with Gasteiger partial charge in [0.05, 0.1) is 4.90 Å². The van der Waals surface area contributed by atoms with Gasteiger partial charge in [-0.2, -0.15) is 0 Å². The van der Waals surface area contributed by atoms with Gasteiger partial charge in [0.1, 0.15) is 12.4 Å². The molecule has 5 nitrogen and oxygen atoms in total. The van der Waals surface area contributed by atoms with Crippen LogP contribution in [-0.2, 0) is 9.84 Å². The van der Waals surface area contributed by atoms with Crippen LogP contribution in [0.2, 0.25) is 0 Å². The zero-order valence-corrected chi connectivity index (χ0v) is 14.4. The SMILES string of the molecule is C=C(C)COc1cccc(NC(=O)c2ccc(S(C)(=O)=O)cc2)c1. The summed E-state index contributed by atoms with van der Waals surface area (Å²) in [6.45, 7) is 6.04. The van der Waals surface area contributed by atoms with E-state index in [9.17, 15) is 13.2 Å². The van der Waals surface area contributed by atoms with E-state index in [2.05, 4.69) is 11.9 Å². The van der Waals surface area contributed by atoms with Gasteiger partial charge in [0.2, 0.25) is 0 Å². The Morgan fingerprint density at radius 1 is 1.17 bits per heavy atom. The van der Waals surface area contributed by atoms with Crippen LogP contribution in [0.3, 0.4) is 0 Å². The lowest BCUT2D eigenvalue weighted by Crippen LogP contribution is -2.12. The van der Waals surface area contributed by atoms with Crippen LogP contribution >= 0.6 is 0 Å². The minimum absolute atomic E-state index is 0.175. The molecular weight excluding hydrogens is 326 g/mol. The maximum Gasteiger partial charge on any atom is 0.255 e. The Morgan fingerprint density at radius 3 is 2.42 bits per heavy atom. The van der Waals surface area contributed by atoms with Crippen LogP contribution in [0, 0.1) is 0 Å². The Labute approximate surface area is 141 Å². The summed E-state index contributed by atoms with van der Waals surface area (Å²) < 4.78 is 28.4. The molecule has 0 bridgehead atoms. The Balaban J connectivity index is 2.09. The maximum absolute atomic E-state index is 12.2. The standard InChI is InChI=1S/C18H19NO4S/c1-13(2)12-23-16-6-4-5-15(11-16)19-18(20)14-7-9-17(10-8-14)24(3,21)22/h4-11H,1,12H2,2-3H3,(H,19,20). The third-order valence-corrected chi connectivity index (χ3v) is 4.25. The van der Waals surface area contributed by atoms with Gasteiger partial charge in [-0.15, -0.1) is 0 Å². The first-order chi connectivity index (χ1) is 11.3. The van der Waals surface area contributed by atoms with Gasteiger partial charge in [-0.05, 0) is 48.9 Å². The summed E-state index contributed by atoms with van der Waals surface area (Å²) in [6.07, 6.45) is 1.12. The number of nitrogens with one attached hydrogen (secondary N) is 1. The van der Waals surface area contributed by atoms with E-state index in [0.717, 1.165) is 11.8 Å². The number of sulfone groups is 1. The molecule has 2 rings (SSSR count). The summed E-state index contributed by atoms with van der Waals surface area (Å²) in [7, 11) is -3.28. The highest BCUT2D eigenvalue weighted by atomic mass is 32.2. The van der Waals surface area contributed by atoms with E-state index in [1.807, 2.05) is 6.92 Å². The molecule has 0 spiro atoms. The van der Waals surface area contributed by atoms with Crippen LogP contribution in [0.4, 0.5) is 5.69 Å². The average molecular weight is 345 g/mol. The van der Waals surface area contributed by atoms with E-state index in [4.69, 9.17) is 4.74 Å². The third-order valence-electron chi connectivity index (χ3n) is 3.12. The number of hydrogen-bond donors (Lipinski definition) is 1. The number of rotatable bonds is 6. The van der Waals surface area contributed by atoms with Crippen molar-refractivity contribution >= 4 is 21.4 Å². The highest BCUT2D eigenvalue weighted by molar-refractivity contribution is 7.90. The van der Waals surface area contributed by atoms with E-state index in [1.54, 1.807) is 24.3 Å². The molecular formula is C18H19NO4S. The van der Waals surface area contributed by atoms with Crippen molar-refractivity contribution in [3.63, 3.8) is 0 Å². The molecule has 0 saturated carbocycles. The topological polar surface area (TPSA) is 72.5 Å². The monoisotopic (exact) mass is 345 g/mol. The van der Waals surface area contributed by atoms with Gasteiger partial charge in [-0.1, -0.05) is 12.6 Å². The van der Waals surface area contributed by atoms with Gasteiger partial charge < -0.3 is 10.1 Å². The van der Waals surface area contributed by atoms with Gasteiger partial charge in [0, 0.05) is 23.6 Å². The number of carbonyl (C=O) groups is 1. The molecule has 0 atom stereocenters. The van der Waals surface area contributed by atoms with E-state index in [1.165, 1.54) is 24.3 Å². The van der Waals surface area contributed by atoms with Crippen molar-refractivity contribution in [2.45, 2.75) is 11.8 Å². The molecule has 2 aromatic carbocycles. The first-order valence-corrected chi connectivity index (χ1v) is 9.13. The highest BCUT2D eigenvalue weighted by Crippen LogP contribution is 2.19. The predicted octanol–water partition coefficient (Wildman–Crippen LogP) is 3.30. The van der Waals surface area contributed by atoms with Crippen molar-refractivity contribution in [1.29, 1.82) is 0 Å². The lowest BCUT2D eigenvalue weighted by Gasteiger charge is -2.09. The van der Waals surface area contributed by atoms with Crippen LogP contribution in [0.1, 0.15) is 17.3 Å². The van der Waals surface area contributed by atoms with E-state index < -0.39 is 9.84 Å². The van der Waals surface area contributed by atoms with Crippen LogP contribution in [0.15, 0.2) is 65.6 Å². The number of carbonyl (C=O) groups excluding carboxylic acids is 1. The molecule has 2 aromatic rings. The van der Waals surface area contributed by atoms with Gasteiger partial charge >= 0.3 is 0 Å². The van der Waals surface area contributed by atoms with Crippen molar-refractivity contribution in [3.8, 4) is 5.75 Å². The zero-order chi connectivity index (χ0) is 17.7. The fourth-order valence-corrected chi connectivity index (χ4v) is 2.56. The molecule has 6 heteroatoms. The molecule has 0 saturated heterocycles. The second-order valence-corrected chi connectivity index (χ2v) is 7.54. The first kappa shape index (κ1) is 17.7. The molecule has 0 aliphatic heterocycles. The summed E-state index contributed by atoms with van der Waals surface area (Å²) in [5.41, 5.74) is 1.86. The molecule has 1 amide bonds. The van der Waals surface area contributed by atoms with Crippen molar-refractivity contribution in [2.75, 3.05) is 18.2 Å². The van der Waals surface area contributed by atoms with Gasteiger partial charge in [0.25, 0.3) is 5.91 Å².